The molecule has 0 bridgehead atoms. The Balaban J connectivity index is 2.17. The SMILES string of the molecule is C=Cc1c(-c2ccccc2)cc(C(F)(F)F)c(-c2ccc(-c3ccccc3)c(=C/C)/c2=C\C)c1C=C. The van der Waals surface area contributed by atoms with Gasteiger partial charge < -0.3 is 0 Å². The molecule has 0 aliphatic heterocycles. The van der Waals surface area contributed by atoms with Crippen LogP contribution < -0.4 is 10.4 Å². The first-order chi connectivity index (χ1) is 17.3. The molecule has 0 amide bonds. The van der Waals surface area contributed by atoms with E-state index >= 15 is 0 Å². The van der Waals surface area contributed by atoms with Crippen molar-refractivity contribution in [3.8, 4) is 33.4 Å². The molecule has 0 radical (unpaired) electrons. The largest absolute Gasteiger partial charge is 0.417 e. The molecule has 0 N–H and O–H groups in total. The summed E-state index contributed by atoms with van der Waals surface area (Å²) >= 11 is 0. The standard InChI is InChI=1S/C33H27F3/c1-5-24-25(6-2)29(20-19-28(24)22-15-11-9-12-16-22)32-27(8-4)26(7-3)30(21-31(32)33(34,35)36)23-17-13-10-14-18-23/h5-21H,3-4H2,1-2H3/b24-5+,25-6+. The van der Waals surface area contributed by atoms with Crippen molar-refractivity contribution in [1.82, 2.24) is 0 Å². The average molecular weight is 481 g/mol. The summed E-state index contributed by atoms with van der Waals surface area (Å²) in [6, 6.07) is 23.9. The second-order valence-corrected chi connectivity index (χ2v) is 8.38. The summed E-state index contributed by atoms with van der Waals surface area (Å²) in [7, 11) is 0. The molecule has 0 aliphatic rings. The van der Waals surface area contributed by atoms with E-state index in [-0.39, 0.29) is 5.56 Å². The van der Waals surface area contributed by atoms with Crippen molar-refractivity contribution in [2.45, 2.75) is 20.0 Å². The van der Waals surface area contributed by atoms with Gasteiger partial charge in [-0.25, -0.2) is 0 Å². The van der Waals surface area contributed by atoms with E-state index < -0.39 is 11.7 Å². The van der Waals surface area contributed by atoms with Crippen molar-refractivity contribution < 1.29 is 13.2 Å². The third kappa shape index (κ3) is 4.45. The maximum absolute atomic E-state index is 14.7. The Hall–Kier alpha value is -4.11. The molecule has 4 aromatic rings. The molecule has 0 unspecified atom stereocenters. The zero-order valence-corrected chi connectivity index (χ0v) is 20.4. The highest BCUT2D eigenvalue weighted by molar-refractivity contribution is 5.91. The predicted octanol–water partition coefficient (Wildman–Crippen LogP) is 8.59. The van der Waals surface area contributed by atoms with Gasteiger partial charge in [-0.05, 0) is 69.3 Å². The number of halogens is 3. The lowest BCUT2D eigenvalue weighted by atomic mass is 9.83. The van der Waals surface area contributed by atoms with E-state index in [9.17, 15) is 13.2 Å². The van der Waals surface area contributed by atoms with Gasteiger partial charge in [0.1, 0.15) is 0 Å². The molecular formula is C33H27F3. The van der Waals surface area contributed by atoms with E-state index in [1.807, 2.05) is 80.6 Å². The Morgan fingerprint density at radius 3 is 1.56 bits per heavy atom. The second-order valence-electron chi connectivity index (χ2n) is 8.38. The fourth-order valence-corrected chi connectivity index (χ4v) is 4.87. The van der Waals surface area contributed by atoms with E-state index in [1.165, 1.54) is 12.1 Å². The summed E-state index contributed by atoms with van der Waals surface area (Å²) in [5.41, 5.74) is 4.10. The van der Waals surface area contributed by atoms with E-state index in [2.05, 4.69) is 13.2 Å². The highest BCUT2D eigenvalue weighted by Crippen LogP contribution is 2.44. The third-order valence-corrected chi connectivity index (χ3v) is 6.42. The van der Waals surface area contributed by atoms with Crippen molar-refractivity contribution in [3.63, 3.8) is 0 Å². The predicted molar refractivity (Wildman–Crippen MR) is 147 cm³/mol. The van der Waals surface area contributed by atoms with Gasteiger partial charge in [0.05, 0.1) is 5.56 Å². The molecule has 0 aromatic heterocycles. The highest BCUT2D eigenvalue weighted by atomic mass is 19.4. The first kappa shape index (κ1) is 25.0. The Bertz CT molecular complexity index is 1540. The quantitative estimate of drug-likeness (QED) is 0.268. The third-order valence-electron chi connectivity index (χ3n) is 6.42. The van der Waals surface area contributed by atoms with Crippen LogP contribution >= 0.6 is 0 Å². The van der Waals surface area contributed by atoms with Crippen LogP contribution in [0.5, 0.6) is 0 Å². The molecule has 0 heterocycles. The van der Waals surface area contributed by atoms with Crippen LogP contribution in [0.1, 0.15) is 30.5 Å². The van der Waals surface area contributed by atoms with Crippen LogP contribution in [0.25, 0.3) is 57.7 Å². The maximum atomic E-state index is 14.7. The highest BCUT2D eigenvalue weighted by Gasteiger charge is 2.36. The molecule has 0 fully saturated rings. The molecule has 4 rings (SSSR count). The van der Waals surface area contributed by atoms with Crippen LogP contribution in [-0.4, -0.2) is 0 Å². The zero-order valence-electron chi connectivity index (χ0n) is 20.4. The minimum Gasteiger partial charge on any atom is -0.166 e. The van der Waals surface area contributed by atoms with Crippen molar-refractivity contribution in [2.75, 3.05) is 0 Å². The van der Waals surface area contributed by atoms with Crippen LogP contribution in [0.4, 0.5) is 13.2 Å². The van der Waals surface area contributed by atoms with Crippen LogP contribution in [-0.2, 0) is 6.18 Å². The van der Waals surface area contributed by atoms with E-state index in [0.717, 1.165) is 21.6 Å². The summed E-state index contributed by atoms with van der Waals surface area (Å²) in [5, 5.41) is 1.63. The topological polar surface area (TPSA) is 0 Å². The molecule has 3 heteroatoms. The van der Waals surface area contributed by atoms with Gasteiger partial charge in [-0.15, -0.1) is 0 Å². The number of rotatable bonds is 5. The van der Waals surface area contributed by atoms with Gasteiger partial charge in [0.2, 0.25) is 0 Å². The molecular weight excluding hydrogens is 453 g/mol. The van der Waals surface area contributed by atoms with Crippen molar-refractivity contribution >= 4 is 24.3 Å². The smallest absolute Gasteiger partial charge is 0.166 e. The van der Waals surface area contributed by atoms with Crippen molar-refractivity contribution in [2.24, 2.45) is 0 Å². The lowest BCUT2D eigenvalue weighted by molar-refractivity contribution is -0.137. The van der Waals surface area contributed by atoms with Gasteiger partial charge in [-0.2, -0.15) is 13.2 Å². The molecule has 0 atom stereocenters. The number of hydrogen-bond donors (Lipinski definition) is 0. The molecule has 0 saturated carbocycles. The van der Waals surface area contributed by atoms with Gasteiger partial charge in [0.15, 0.2) is 0 Å². The number of alkyl halides is 3. The molecule has 0 saturated heterocycles. The summed E-state index contributed by atoms with van der Waals surface area (Å²) in [5.74, 6) is 0. The number of hydrogen-bond acceptors (Lipinski definition) is 0. The Kier molecular flexibility index (Phi) is 7.12. The second kappa shape index (κ2) is 10.2. The Morgan fingerprint density at radius 2 is 1.08 bits per heavy atom. The minimum absolute atomic E-state index is 0.114. The lowest BCUT2D eigenvalue weighted by Crippen LogP contribution is -2.29. The molecule has 36 heavy (non-hydrogen) atoms. The lowest BCUT2D eigenvalue weighted by Gasteiger charge is -2.22. The fraction of sp³-hybridized carbons (Fsp3) is 0.0909. The summed E-state index contributed by atoms with van der Waals surface area (Å²) in [6.07, 6.45) is 2.38. The van der Waals surface area contributed by atoms with Crippen molar-refractivity contribution in [3.05, 3.63) is 119 Å². The van der Waals surface area contributed by atoms with E-state index in [1.54, 1.807) is 24.3 Å². The first-order valence-corrected chi connectivity index (χ1v) is 11.8. The van der Waals surface area contributed by atoms with Gasteiger partial charge >= 0.3 is 6.18 Å². The van der Waals surface area contributed by atoms with E-state index in [0.29, 0.717) is 27.8 Å². The van der Waals surface area contributed by atoms with Gasteiger partial charge in [-0.3, -0.25) is 0 Å². The van der Waals surface area contributed by atoms with Crippen LogP contribution in [0, 0.1) is 0 Å². The Morgan fingerprint density at radius 1 is 0.611 bits per heavy atom. The van der Waals surface area contributed by atoms with Gasteiger partial charge in [-0.1, -0.05) is 110 Å². The summed E-state index contributed by atoms with van der Waals surface area (Å²) < 4.78 is 44.0. The van der Waals surface area contributed by atoms with Crippen LogP contribution in [0.2, 0.25) is 0 Å². The fourth-order valence-electron chi connectivity index (χ4n) is 4.87. The summed E-state index contributed by atoms with van der Waals surface area (Å²) in [6.45, 7) is 11.6. The van der Waals surface area contributed by atoms with Crippen LogP contribution in [0.3, 0.4) is 0 Å². The summed E-state index contributed by atoms with van der Waals surface area (Å²) in [4.78, 5) is 0. The maximum Gasteiger partial charge on any atom is 0.417 e. The van der Waals surface area contributed by atoms with Crippen LogP contribution in [0.15, 0.2) is 92.0 Å². The monoisotopic (exact) mass is 480 g/mol. The molecule has 0 spiro atoms. The molecule has 4 aromatic carbocycles. The van der Waals surface area contributed by atoms with Gasteiger partial charge in [0.25, 0.3) is 0 Å². The number of benzene rings is 4. The zero-order chi connectivity index (χ0) is 25.9. The van der Waals surface area contributed by atoms with Crippen molar-refractivity contribution in [1.29, 1.82) is 0 Å². The van der Waals surface area contributed by atoms with E-state index in [4.69, 9.17) is 0 Å². The first-order valence-electron chi connectivity index (χ1n) is 11.8. The minimum atomic E-state index is -4.57. The Labute approximate surface area is 210 Å². The molecule has 0 nitrogen and oxygen atoms in total. The van der Waals surface area contributed by atoms with Gasteiger partial charge in [0, 0.05) is 5.56 Å². The molecule has 180 valence electrons. The normalized spacial score (nSPS) is 12.6. The average Bonchev–Trinajstić information content (AvgIpc) is 2.91. The molecule has 0 aliphatic carbocycles.